The number of hydrogen-bond donors (Lipinski definition) is 1. The van der Waals surface area contributed by atoms with Gasteiger partial charge in [-0.2, -0.15) is 0 Å². The molecule has 0 aliphatic carbocycles. The summed E-state index contributed by atoms with van der Waals surface area (Å²) in [4.78, 5) is 22.4. The first kappa shape index (κ1) is 16.2. The van der Waals surface area contributed by atoms with E-state index in [1.165, 1.54) is 38.5 Å². The molecule has 1 amide bonds. The van der Waals surface area contributed by atoms with Gasteiger partial charge in [-0.25, -0.2) is 4.39 Å². The highest BCUT2D eigenvalue weighted by molar-refractivity contribution is 6.05. The largest absolute Gasteiger partial charge is 0.495 e. The summed E-state index contributed by atoms with van der Waals surface area (Å²) in [5.41, 5.74) is -0.0539. The number of nitro groups is 1. The number of non-ortho nitro benzene ring substituents is 1. The molecule has 7 nitrogen and oxygen atoms in total. The molecule has 0 saturated heterocycles. The number of nitrogens with one attached hydrogen (secondary N) is 1. The van der Waals surface area contributed by atoms with E-state index in [0.29, 0.717) is 0 Å². The lowest BCUT2D eigenvalue weighted by Crippen LogP contribution is -2.13. The number of nitro benzene ring substituents is 1. The Labute approximate surface area is 130 Å². The fourth-order valence-electron chi connectivity index (χ4n) is 1.91. The lowest BCUT2D eigenvalue weighted by Gasteiger charge is -2.10. The Morgan fingerprint density at radius 2 is 1.78 bits per heavy atom. The molecule has 2 rings (SSSR count). The summed E-state index contributed by atoms with van der Waals surface area (Å²) in [7, 11) is 2.68. The zero-order valence-electron chi connectivity index (χ0n) is 12.3. The van der Waals surface area contributed by atoms with Gasteiger partial charge < -0.3 is 14.8 Å². The number of amides is 1. The van der Waals surface area contributed by atoms with Crippen molar-refractivity contribution in [2.24, 2.45) is 0 Å². The number of benzene rings is 2. The number of nitrogens with zero attached hydrogens (tertiary/aromatic N) is 1. The third-order valence-electron chi connectivity index (χ3n) is 3.06. The van der Waals surface area contributed by atoms with E-state index in [1.54, 1.807) is 0 Å². The highest BCUT2D eigenvalue weighted by atomic mass is 19.1. The smallest absolute Gasteiger partial charge is 0.271 e. The molecule has 0 unspecified atom stereocenters. The van der Waals surface area contributed by atoms with Gasteiger partial charge in [0.05, 0.1) is 24.8 Å². The maximum atomic E-state index is 13.6. The second-order valence-electron chi connectivity index (χ2n) is 4.45. The number of carbonyl (C=O) groups excluding carboxylic acids is 1. The third-order valence-corrected chi connectivity index (χ3v) is 3.06. The van der Waals surface area contributed by atoms with E-state index < -0.39 is 16.6 Å². The van der Waals surface area contributed by atoms with E-state index in [1.807, 2.05) is 0 Å². The predicted octanol–water partition coefficient (Wildman–Crippen LogP) is 3.00. The molecule has 0 saturated carbocycles. The van der Waals surface area contributed by atoms with Crippen LogP contribution in [-0.4, -0.2) is 25.1 Å². The number of hydrogen-bond acceptors (Lipinski definition) is 5. The van der Waals surface area contributed by atoms with Gasteiger partial charge in [-0.3, -0.25) is 14.9 Å². The van der Waals surface area contributed by atoms with Crippen molar-refractivity contribution in [2.45, 2.75) is 0 Å². The number of carbonyl (C=O) groups is 1. The summed E-state index contributed by atoms with van der Waals surface area (Å²) in [6, 6.07) is 7.48. The van der Waals surface area contributed by atoms with Gasteiger partial charge in [-0.1, -0.05) is 0 Å². The molecule has 120 valence electrons. The summed E-state index contributed by atoms with van der Waals surface area (Å²) < 4.78 is 23.5. The Morgan fingerprint density at radius 1 is 1.13 bits per heavy atom. The van der Waals surface area contributed by atoms with Crippen LogP contribution in [0, 0.1) is 15.9 Å². The van der Waals surface area contributed by atoms with E-state index in [-0.39, 0.29) is 28.4 Å². The standard InChI is InChI=1S/C15H13FN2O5/c1-22-13-5-3-9(7-11(13)16)15(19)17-12-8-10(18(20)21)4-6-14(12)23-2/h3-8H,1-2H3,(H,17,19). The predicted molar refractivity (Wildman–Crippen MR) is 80.6 cm³/mol. The molecule has 1 N–H and O–H groups in total. The molecule has 8 heteroatoms. The molecule has 0 aromatic heterocycles. The lowest BCUT2D eigenvalue weighted by molar-refractivity contribution is -0.384. The van der Waals surface area contributed by atoms with Crippen molar-refractivity contribution >= 4 is 17.3 Å². The van der Waals surface area contributed by atoms with Gasteiger partial charge >= 0.3 is 0 Å². The van der Waals surface area contributed by atoms with Crippen LogP contribution in [0.25, 0.3) is 0 Å². The Kier molecular flexibility index (Phi) is 4.75. The fourth-order valence-corrected chi connectivity index (χ4v) is 1.91. The monoisotopic (exact) mass is 320 g/mol. The molecule has 0 heterocycles. The molecule has 2 aromatic carbocycles. The molecule has 23 heavy (non-hydrogen) atoms. The maximum Gasteiger partial charge on any atom is 0.271 e. The van der Waals surface area contributed by atoms with Gasteiger partial charge in [0.1, 0.15) is 5.75 Å². The first-order valence-electron chi connectivity index (χ1n) is 6.43. The number of rotatable bonds is 5. The van der Waals surface area contributed by atoms with Crippen molar-refractivity contribution in [1.82, 2.24) is 0 Å². The average molecular weight is 320 g/mol. The minimum absolute atomic E-state index is 0.00878. The summed E-state index contributed by atoms with van der Waals surface area (Å²) in [5, 5.41) is 13.3. The van der Waals surface area contributed by atoms with Crippen LogP contribution < -0.4 is 14.8 Å². The quantitative estimate of drug-likeness (QED) is 0.675. The zero-order chi connectivity index (χ0) is 17.0. The van der Waals surface area contributed by atoms with Crippen LogP contribution in [-0.2, 0) is 0 Å². The Morgan fingerprint density at radius 3 is 2.35 bits per heavy atom. The van der Waals surface area contributed by atoms with Gasteiger partial charge in [0.2, 0.25) is 0 Å². The molecular weight excluding hydrogens is 307 g/mol. The molecular formula is C15H13FN2O5. The first-order valence-corrected chi connectivity index (χ1v) is 6.43. The van der Waals surface area contributed by atoms with Crippen LogP contribution in [0.15, 0.2) is 36.4 Å². The van der Waals surface area contributed by atoms with E-state index >= 15 is 0 Å². The number of methoxy groups -OCH3 is 2. The van der Waals surface area contributed by atoms with Crippen molar-refractivity contribution in [3.63, 3.8) is 0 Å². The number of ether oxygens (including phenoxy) is 2. The topological polar surface area (TPSA) is 90.7 Å². The maximum absolute atomic E-state index is 13.6. The van der Waals surface area contributed by atoms with Gasteiger partial charge in [0.25, 0.3) is 11.6 Å². The van der Waals surface area contributed by atoms with Crippen molar-refractivity contribution in [2.75, 3.05) is 19.5 Å². The second-order valence-corrected chi connectivity index (χ2v) is 4.45. The van der Waals surface area contributed by atoms with E-state index in [4.69, 9.17) is 9.47 Å². The lowest BCUT2D eigenvalue weighted by atomic mass is 10.2. The van der Waals surface area contributed by atoms with Crippen LogP contribution in [0.2, 0.25) is 0 Å². The van der Waals surface area contributed by atoms with Gasteiger partial charge in [0.15, 0.2) is 11.6 Å². The minimum Gasteiger partial charge on any atom is -0.495 e. The molecule has 0 radical (unpaired) electrons. The van der Waals surface area contributed by atoms with E-state index in [0.717, 1.165) is 12.1 Å². The van der Waals surface area contributed by atoms with E-state index in [2.05, 4.69) is 5.32 Å². The van der Waals surface area contributed by atoms with Crippen LogP contribution in [0.3, 0.4) is 0 Å². The van der Waals surface area contributed by atoms with Crippen LogP contribution in [0.4, 0.5) is 15.8 Å². The van der Waals surface area contributed by atoms with Crippen molar-refractivity contribution in [1.29, 1.82) is 0 Å². The normalized spacial score (nSPS) is 10.0. The highest BCUT2D eigenvalue weighted by Gasteiger charge is 2.16. The van der Waals surface area contributed by atoms with Crippen LogP contribution >= 0.6 is 0 Å². The number of halogens is 1. The average Bonchev–Trinajstić information content (AvgIpc) is 2.54. The number of anilines is 1. The van der Waals surface area contributed by atoms with Crippen molar-refractivity contribution in [3.8, 4) is 11.5 Å². The molecule has 2 aromatic rings. The molecule has 0 fully saturated rings. The second kappa shape index (κ2) is 6.73. The van der Waals surface area contributed by atoms with E-state index in [9.17, 15) is 19.3 Å². The Bertz CT molecular complexity index is 764. The highest BCUT2D eigenvalue weighted by Crippen LogP contribution is 2.29. The van der Waals surface area contributed by atoms with Crippen LogP contribution in [0.5, 0.6) is 11.5 Å². The molecule has 0 atom stereocenters. The first-order chi connectivity index (χ1) is 11.0. The van der Waals surface area contributed by atoms with Crippen LogP contribution in [0.1, 0.15) is 10.4 Å². The summed E-state index contributed by atoms with van der Waals surface area (Å²) in [6.45, 7) is 0. The summed E-state index contributed by atoms with van der Waals surface area (Å²) >= 11 is 0. The Balaban J connectivity index is 2.30. The SMILES string of the molecule is COc1ccc(C(=O)Nc2cc([N+](=O)[O-])ccc2OC)cc1F. The summed E-state index contributed by atoms with van der Waals surface area (Å²) in [5.74, 6) is -1.07. The molecule has 0 aliphatic heterocycles. The fraction of sp³-hybridized carbons (Fsp3) is 0.133. The summed E-state index contributed by atoms with van der Waals surface area (Å²) in [6.07, 6.45) is 0. The molecule has 0 aliphatic rings. The molecule has 0 spiro atoms. The third kappa shape index (κ3) is 3.54. The van der Waals surface area contributed by atoms with Gasteiger partial charge in [-0.15, -0.1) is 0 Å². The Hall–Kier alpha value is -3.16. The molecule has 0 bridgehead atoms. The van der Waals surface area contributed by atoms with Gasteiger partial charge in [-0.05, 0) is 24.3 Å². The van der Waals surface area contributed by atoms with Gasteiger partial charge in [0, 0.05) is 17.7 Å². The van der Waals surface area contributed by atoms with Crippen molar-refractivity contribution in [3.05, 3.63) is 57.9 Å². The minimum atomic E-state index is -0.689. The zero-order valence-corrected chi connectivity index (χ0v) is 12.3. The van der Waals surface area contributed by atoms with Crippen molar-refractivity contribution < 1.29 is 23.6 Å².